The van der Waals surface area contributed by atoms with Gasteiger partial charge in [-0.2, -0.15) is 0 Å². The van der Waals surface area contributed by atoms with E-state index in [9.17, 15) is 0 Å². The van der Waals surface area contributed by atoms with Crippen LogP contribution in [-0.2, 0) is 0 Å². The van der Waals surface area contributed by atoms with Gasteiger partial charge in [0, 0.05) is 17.7 Å². The van der Waals surface area contributed by atoms with E-state index in [0.717, 1.165) is 35.9 Å². The van der Waals surface area contributed by atoms with Crippen LogP contribution in [0.5, 0.6) is 5.75 Å². The summed E-state index contributed by atoms with van der Waals surface area (Å²) in [5.41, 5.74) is 0.947. The van der Waals surface area contributed by atoms with Gasteiger partial charge in [0.05, 0.1) is 6.10 Å². The standard InChI is InChI=1S/C16H18ClN3O/c1-10(2)21-13-7-5-12(6-8-13)18-15-9-14(17)19-16(20-15)11-3-4-11/h5-11H,3-4H2,1-2H3,(H,18,19,20). The molecule has 1 N–H and O–H groups in total. The van der Waals surface area contributed by atoms with Gasteiger partial charge in [0.2, 0.25) is 0 Å². The highest BCUT2D eigenvalue weighted by Gasteiger charge is 2.27. The monoisotopic (exact) mass is 303 g/mol. The van der Waals surface area contributed by atoms with Crippen LogP contribution in [0, 0.1) is 0 Å². The first-order chi connectivity index (χ1) is 10.1. The first kappa shape index (κ1) is 14.1. The van der Waals surface area contributed by atoms with E-state index in [1.54, 1.807) is 6.07 Å². The smallest absolute Gasteiger partial charge is 0.135 e. The molecule has 0 aliphatic heterocycles. The number of nitrogens with one attached hydrogen (secondary N) is 1. The molecule has 0 bridgehead atoms. The fraction of sp³-hybridized carbons (Fsp3) is 0.375. The van der Waals surface area contributed by atoms with Crippen LogP contribution in [-0.4, -0.2) is 16.1 Å². The summed E-state index contributed by atoms with van der Waals surface area (Å²) in [6.07, 6.45) is 2.48. The second-order valence-corrected chi connectivity index (χ2v) is 5.91. The molecule has 0 atom stereocenters. The number of nitrogens with zero attached hydrogens (tertiary/aromatic N) is 2. The molecule has 1 aromatic heterocycles. The topological polar surface area (TPSA) is 47.0 Å². The summed E-state index contributed by atoms with van der Waals surface area (Å²) in [4.78, 5) is 8.80. The second-order valence-electron chi connectivity index (χ2n) is 5.52. The van der Waals surface area contributed by atoms with E-state index in [-0.39, 0.29) is 6.10 Å². The molecule has 110 valence electrons. The molecule has 1 saturated carbocycles. The van der Waals surface area contributed by atoms with Crippen LogP contribution in [0.4, 0.5) is 11.5 Å². The quantitative estimate of drug-likeness (QED) is 0.824. The van der Waals surface area contributed by atoms with Gasteiger partial charge in [0.15, 0.2) is 0 Å². The highest BCUT2D eigenvalue weighted by Crippen LogP contribution is 2.39. The van der Waals surface area contributed by atoms with Crippen LogP contribution >= 0.6 is 11.6 Å². The minimum Gasteiger partial charge on any atom is -0.491 e. The van der Waals surface area contributed by atoms with Crippen molar-refractivity contribution >= 4 is 23.1 Å². The van der Waals surface area contributed by atoms with E-state index in [1.807, 2.05) is 38.1 Å². The number of anilines is 2. The predicted molar refractivity (Wildman–Crippen MR) is 84.5 cm³/mol. The summed E-state index contributed by atoms with van der Waals surface area (Å²) in [6, 6.07) is 9.54. The Morgan fingerprint density at radius 1 is 1.19 bits per heavy atom. The van der Waals surface area contributed by atoms with Crippen molar-refractivity contribution in [3.05, 3.63) is 41.3 Å². The molecule has 2 aromatic rings. The maximum atomic E-state index is 6.06. The van der Waals surface area contributed by atoms with Gasteiger partial charge < -0.3 is 10.1 Å². The van der Waals surface area contributed by atoms with Crippen molar-refractivity contribution < 1.29 is 4.74 Å². The van der Waals surface area contributed by atoms with Gasteiger partial charge in [-0.05, 0) is 51.0 Å². The molecule has 0 spiro atoms. The third-order valence-corrected chi connectivity index (χ3v) is 3.35. The highest BCUT2D eigenvalue weighted by molar-refractivity contribution is 6.29. The lowest BCUT2D eigenvalue weighted by Gasteiger charge is -2.11. The van der Waals surface area contributed by atoms with Gasteiger partial charge in [-0.25, -0.2) is 9.97 Å². The zero-order chi connectivity index (χ0) is 14.8. The van der Waals surface area contributed by atoms with Gasteiger partial charge in [0.25, 0.3) is 0 Å². The molecule has 5 heteroatoms. The number of hydrogen-bond acceptors (Lipinski definition) is 4. The lowest BCUT2D eigenvalue weighted by atomic mass is 10.3. The van der Waals surface area contributed by atoms with Crippen LogP contribution < -0.4 is 10.1 Å². The molecule has 1 heterocycles. The van der Waals surface area contributed by atoms with Crippen LogP contribution in [0.25, 0.3) is 0 Å². The zero-order valence-corrected chi connectivity index (χ0v) is 12.9. The van der Waals surface area contributed by atoms with Crippen molar-refractivity contribution in [2.75, 3.05) is 5.32 Å². The van der Waals surface area contributed by atoms with E-state index >= 15 is 0 Å². The van der Waals surface area contributed by atoms with Gasteiger partial charge >= 0.3 is 0 Å². The molecule has 0 saturated heterocycles. The van der Waals surface area contributed by atoms with E-state index in [2.05, 4.69) is 15.3 Å². The van der Waals surface area contributed by atoms with Crippen LogP contribution in [0.1, 0.15) is 38.4 Å². The number of rotatable bonds is 5. The molecule has 1 aromatic carbocycles. The van der Waals surface area contributed by atoms with Crippen molar-refractivity contribution in [1.29, 1.82) is 0 Å². The van der Waals surface area contributed by atoms with Crippen LogP contribution in [0.3, 0.4) is 0 Å². The number of benzene rings is 1. The number of aromatic nitrogens is 2. The van der Waals surface area contributed by atoms with Crippen molar-refractivity contribution in [2.24, 2.45) is 0 Å². The van der Waals surface area contributed by atoms with Gasteiger partial charge in [-0.15, -0.1) is 0 Å². The molecule has 4 nitrogen and oxygen atoms in total. The molecular weight excluding hydrogens is 286 g/mol. The third-order valence-electron chi connectivity index (χ3n) is 3.15. The van der Waals surface area contributed by atoms with Crippen LogP contribution in [0.15, 0.2) is 30.3 Å². The first-order valence-electron chi connectivity index (χ1n) is 7.18. The predicted octanol–water partition coefficient (Wildman–Crippen LogP) is 4.54. The summed E-state index contributed by atoms with van der Waals surface area (Å²) in [5.74, 6) is 2.90. The number of halogens is 1. The molecule has 1 fully saturated rings. The van der Waals surface area contributed by atoms with E-state index < -0.39 is 0 Å². The Morgan fingerprint density at radius 3 is 2.52 bits per heavy atom. The average molecular weight is 304 g/mol. The largest absolute Gasteiger partial charge is 0.491 e. The minimum absolute atomic E-state index is 0.172. The minimum atomic E-state index is 0.172. The number of ether oxygens (including phenoxy) is 1. The Kier molecular flexibility index (Phi) is 3.97. The molecular formula is C16H18ClN3O. The van der Waals surface area contributed by atoms with E-state index in [0.29, 0.717) is 11.1 Å². The van der Waals surface area contributed by atoms with Crippen molar-refractivity contribution in [3.8, 4) is 5.75 Å². The normalized spacial score (nSPS) is 14.3. The van der Waals surface area contributed by atoms with Gasteiger partial charge in [-0.3, -0.25) is 0 Å². The summed E-state index contributed by atoms with van der Waals surface area (Å²) >= 11 is 6.06. The van der Waals surface area contributed by atoms with Gasteiger partial charge in [-0.1, -0.05) is 11.6 Å². The molecule has 1 aliphatic carbocycles. The third kappa shape index (κ3) is 3.85. The van der Waals surface area contributed by atoms with Gasteiger partial charge in [0.1, 0.15) is 22.5 Å². The highest BCUT2D eigenvalue weighted by atomic mass is 35.5. The fourth-order valence-electron chi connectivity index (χ4n) is 2.06. The van der Waals surface area contributed by atoms with E-state index in [4.69, 9.17) is 16.3 Å². The Balaban J connectivity index is 1.73. The Hall–Kier alpha value is -1.81. The Bertz CT molecular complexity index is 624. The maximum absolute atomic E-state index is 6.06. The summed E-state index contributed by atoms with van der Waals surface area (Å²) in [6.45, 7) is 4.02. The SMILES string of the molecule is CC(C)Oc1ccc(Nc2cc(Cl)nc(C3CC3)n2)cc1. The molecule has 1 aliphatic rings. The molecule has 0 radical (unpaired) electrons. The zero-order valence-electron chi connectivity index (χ0n) is 12.1. The average Bonchev–Trinajstić information content (AvgIpc) is 3.24. The van der Waals surface area contributed by atoms with Crippen molar-refractivity contribution in [2.45, 2.75) is 38.7 Å². The lowest BCUT2D eigenvalue weighted by molar-refractivity contribution is 0.242. The second kappa shape index (κ2) is 5.90. The summed E-state index contributed by atoms with van der Waals surface area (Å²) < 4.78 is 5.62. The number of hydrogen-bond donors (Lipinski definition) is 1. The first-order valence-corrected chi connectivity index (χ1v) is 7.56. The summed E-state index contributed by atoms with van der Waals surface area (Å²) in [5, 5.41) is 3.74. The molecule has 3 rings (SSSR count). The molecule has 21 heavy (non-hydrogen) atoms. The van der Waals surface area contributed by atoms with Crippen molar-refractivity contribution in [1.82, 2.24) is 9.97 Å². The Labute approximate surface area is 129 Å². The van der Waals surface area contributed by atoms with Crippen molar-refractivity contribution in [3.63, 3.8) is 0 Å². The maximum Gasteiger partial charge on any atom is 0.135 e. The Morgan fingerprint density at radius 2 is 1.90 bits per heavy atom. The van der Waals surface area contributed by atoms with Crippen LogP contribution in [0.2, 0.25) is 5.15 Å². The lowest BCUT2D eigenvalue weighted by Crippen LogP contribution is -2.05. The fourth-order valence-corrected chi connectivity index (χ4v) is 2.25. The van der Waals surface area contributed by atoms with E-state index in [1.165, 1.54) is 0 Å². The molecule has 0 amide bonds. The molecule has 0 unspecified atom stereocenters. The summed E-state index contributed by atoms with van der Waals surface area (Å²) in [7, 11) is 0.